The first-order chi connectivity index (χ1) is 7.92. The van der Waals surface area contributed by atoms with Crippen LogP contribution in [0.15, 0.2) is 23.1 Å². The number of nitrogens with zero attached hydrogens (tertiary/aromatic N) is 1. The largest absolute Gasteiger partial charge is 0.383 e. The first-order valence-electron chi connectivity index (χ1n) is 4.88. The summed E-state index contributed by atoms with van der Waals surface area (Å²) in [5, 5.41) is 13.3. The van der Waals surface area contributed by atoms with Gasteiger partial charge in [0, 0.05) is 19.7 Å². The third-order valence-corrected chi connectivity index (χ3v) is 3.62. The van der Waals surface area contributed by atoms with Gasteiger partial charge in [-0.25, -0.2) is 13.1 Å². The van der Waals surface area contributed by atoms with Crippen LogP contribution < -0.4 is 10.0 Å². The average Bonchev–Trinajstić information content (AvgIpc) is 2.27. The molecule has 17 heavy (non-hydrogen) atoms. The quantitative estimate of drug-likeness (QED) is 0.605. The van der Waals surface area contributed by atoms with Crippen molar-refractivity contribution in [2.75, 3.05) is 18.9 Å². The standard InChI is InChI=1S/C9H13N3O4S/c1-3-11-17(15,16)7-4-5-9(12(13)14)8(6-7)10-2/h4-6,10-11H,3H2,1-2H3. The molecule has 0 unspecified atom stereocenters. The molecule has 7 nitrogen and oxygen atoms in total. The summed E-state index contributed by atoms with van der Waals surface area (Å²) in [5.74, 6) is 0. The van der Waals surface area contributed by atoms with E-state index in [1.807, 2.05) is 0 Å². The average molecular weight is 259 g/mol. The van der Waals surface area contributed by atoms with Gasteiger partial charge in [0.15, 0.2) is 0 Å². The van der Waals surface area contributed by atoms with Gasteiger partial charge < -0.3 is 5.32 Å². The Morgan fingerprint density at radius 2 is 2.06 bits per heavy atom. The fraction of sp³-hybridized carbons (Fsp3) is 0.333. The lowest BCUT2D eigenvalue weighted by atomic mass is 10.3. The van der Waals surface area contributed by atoms with Crippen LogP contribution in [0.5, 0.6) is 0 Å². The Balaban J connectivity index is 3.27. The molecule has 94 valence electrons. The molecule has 1 aromatic rings. The molecule has 0 aliphatic carbocycles. The van der Waals surface area contributed by atoms with Crippen LogP contribution in [0, 0.1) is 10.1 Å². The Kier molecular flexibility index (Phi) is 4.02. The molecule has 0 saturated carbocycles. The lowest BCUT2D eigenvalue weighted by Crippen LogP contribution is -2.23. The van der Waals surface area contributed by atoms with Crippen molar-refractivity contribution in [3.63, 3.8) is 0 Å². The van der Waals surface area contributed by atoms with Crippen LogP contribution in [0.4, 0.5) is 11.4 Å². The smallest absolute Gasteiger partial charge is 0.292 e. The second-order valence-electron chi connectivity index (χ2n) is 3.19. The van der Waals surface area contributed by atoms with Gasteiger partial charge in [0.25, 0.3) is 5.69 Å². The highest BCUT2D eigenvalue weighted by atomic mass is 32.2. The van der Waals surface area contributed by atoms with Gasteiger partial charge in [0.1, 0.15) is 5.69 Å². The van der Waals surface area contributed by atoms with E-state index in [1.54, 1.807) is 6.92 Å². The monoisotopic (exact) mass is 259 g/mol. The Morgan fingerprint density at radius 3 is 2.53 bits per heavy atom. The molecule has 0 atom stereocenters. The van der Waals surface area contributed by atoms with E-state index in [0.717, 1.165) is 6.07 Å². The van der Waals surface area contributed by atoms with E-state index in [2.05, 4.69) is 10.0 Å². The molecule has 0 fully saturated rings. The molecule has 0 amide bonds. The number of nitro groups is 1. The number of benzene rings is 1. The van der Waals surface area contributed by atoms with Gasteiger partial charge in [-0.1, -0.05) is 6.92 Å². The maximum Gasteiger partial charge on any atom is 0.292 e. The molecule has 0 aliphatic heterocycles. The van der Waals surface area contributed by atoms with Gasteiger partial charge in [-0.3, -0.25) is 10.1 Å². The van der Waals surface area contributed by atoms with E-state index in [-0.39, 0.29) is 22.8 Å². The Hall–Kier alpha value is -1.67. The fourth-order valence-corrected chi connectivity index (χ4v) is 2.38. The highest BCUT2D eigenvalue weighted by molar-refractivity contribution is 7.89. The number of hydrogen-bond donors (Lipinski definition) is 2. The molecule has 2 N–H and O–H groups in total. The van der Waals surface area contributed by atoms with E-state index >= 15 is 0 Å². The highest BCUT2D eigenvalue weighted by Crippen LogP contribution is 2.26. The van der Waals surface area contributed by atoms with E-state index in [9.17, 15) is 18.5 Å². The Bertz CT molecular complexity index is 527. The van der Waals surface area contributed by atoms with E-state index in [4.69, 9.17) is 0 Å². The van der Waals surface area contributed by atoms with Crippen molar-refractivity contribution in [3.05, 3.63) is 28.3 Å². The van der Waals surface area contributed by atoms with Gasteiger partial charge in [0.05, 0.1) is 9.82 Å². The molecule has 0 spiro atoms. The molecule has 0 radical (unpaired) electrons. The molecular weight excluding hydrogens is 246 g/mol. The SMILES string of the molecule is CCNS(=O)(=O)c1ccc([N+](=O)[O-])c(NC)c1. The zero-order chi connectivity index (χ0) is 13.1. The van der Waals surface area contributed by atoms with Crippen LogP contribution in [0.3, 0.4) is 0 Å². The van der Waals surface area contributed by atoms with Crippen molar-refractivity contribution < 1.29 is 13.3 Å². The third kappa shape index (κ3) is 2.92. The minimum atomic E-state index is -3.60. The zero-order valence-electron chi connectivity index (χ0n) is 9.43. The first-order valence-corrected chi connectivity index (χ1v) is 6.36. The summed E-state index contributed by atoms with van der Waals surface area (Å²) in [6.45, 7) is 1.91. The van der Waals surface area contributed by atoms with Crippen molar-refractivity contribution in [1.82, 2.24) is 4.72 Å². The summed E-state index contributed by atoms with van der Waals surface area (Å²) < 4.78 is 25.7. The second kappa shape index (κ2) is 5.11. The minimum absolute atomic E-state index is 0.00528. The summed E-state index contributed by atoms with van der Waals surface area (Å²) in [5.41, 5.74) is -0.00285. The number of nitro benzene ring substituents is 1. The maximum atomic E-state index is 11.7. The number of sulfonamides is 1. The maximum absolute atomic E-state index is 11.7. The van der Waals surface area contributed by atoms with Crippen LogP contribution in [0.25, 0.3) is 0 Å². The van der Waals surface area contributed by atoms with Crippen molar-refractivity contribution in [3.8, 4) is 0 Å². The summed E-state index contributed by atoms with van der Waals surface area (Å²) in [7, 11) is -2.11. The number of anilines is 1. The van der Waals surface area contributed by atoms with E-state index < -0.39 is 14.9 Å². The van der Waals surface area contributed by atoms with Gasteiger partial charge in [-0.05, 0) is 12.1 Å². The summed E-state index contributed by atoms with van der Waals surface area (Å²) >= 11 is 0. The second-order valence-corrected chi connectivity index (χ2v) is 4.95. The molecule has 0 aliphatic rings. The topological polar surface area (TPSA) is 101 Å². The van der Waals surface area contributed by atoms with Crippen molar-refractivity contribution in [2.24, 2.45) is 0 Å². The van der Waals surface area contributed by atoms with Gasteiger partial charge >= 0.3 is 0 Å². The predicted octanol–water partition coefficient (Wildman–Crippen LogP) is 0.935. The summed E-state index contributed by atoms with van der Waals surface area (Å²) in [6.07, 6.45) is 0. The number of nitrogens with one attached hydrogen (secondary N) is 2. The zero-order valence-corrected chi connectivity index (χ0v) is 10.2. The molecule has 0 saturated heterocycles. The number of hydrogen-bond acceptors (Lipinski definition) is 5. The molecule has 8 heteroatoms. The molecule has 1 aromatic carbocycles. The van der Waals surface area contributed by atoms with Crippen molar-refractivity contribution in [2.45, 2.75) is 11.8 Å². The van der Waals surface area contributed by atoms with Crippen LogP contribution in [0.1, 0.15) is 6.92 Å². The Morgan fingerprint density at radius 1 is 1.41 bits per heavy atom. The van der Waals surface area contributed by atoms with Crippen LogP contribution in [0.2, 0.25) is 0 Å². The van der Waals surface area contributed by atoms with Gasteiger partial charge in [-0.15, -0.1) is 0 Å². The third-order valence-electron chi connectivity index (χ3n) is 2.08. The molecular formula is C9H13N3O4S. The van der Waals surface area contributed by atoms with Gasteiger partial charge in [0.2, 0.25) is 10.0 Å². The minimum Gasteiger partial charge on any atom is -0.383 e. The van der Waals surface area contributed by atoms with Crippen LogP contribution in [-0.2, 0) is 10.0 Å². The van der Waals surface area contributed by atoms with Crippen LogP contribution in [-0.4, -0.2) is 26.9 Å². The lowest BCUT2D eigenvalue weighted by Gasteiger charge is -2.07. The van der Waals surface area contributed by atoms with Crippen molar-refractivity contribution in [1.29, 1.82) is 0 Å². The molecule has 0 heterocycles. The predicted molar refractivity (Wildman–Crippen MR) is 63.5 cm³/mol. The summed E-state index contributed by atoms with van der Waals surface area (Å²) in [6, 6.07) is 3.60. The molecule has 0 bridgehead atoms. The van der Waals surface area contributed by atoms with Crippen molar-refractivity contribution >= 4 is 21.4 Å². The lowest BCUT2D eigenvalue weighted by molar-refractivity contribution is -0.384. The number of rotatable bonds is 5. The normalized spacial score (nSPS) is 11.2. The van der Waals surface area contributed by atoms with Gasteiger partial charge in [-0.2, -0.15) is 0 Å². The molecule has 1 rings (SSSR count). The molecule has 0 aromatic heterocycles. The first kappa shape index (κ1) is 13.4. The van der Waals surface area contributed by atoms with E-state index in [0.29, 0.717) is 0 Å². The highest BCUT2D eigenvalue weighted by Gasteiger charge is 2.18. The van der Waals surface area contributed by atoms with Crippen LogP contribution >= 0.6 is 0 Å². The summed E-state index contributed by atoms with van der Waals surface area (Å²) in [4.78, 5) is 10.1. The fourth-order valence-electron chi connectivity index (χ4n) is 1.32. The Labute approximate surface area is 99.0 Å². The van der Waals surface area contributed by atoms with E-state index in [1.165, 1.54) is 19.2 Å².